The predicted octanol–water partition coefficient (Wildman–Crippen LogP) is 3.89. The zero-order chi connectivity index (χ0) is 18.1. The van der Waals surface area contributed by atoms with Crippen LogP contribution in [0.25, 0.3) is 21.8 Å². The first kappa shape index (κ1) is 16.2. The minimum absolute atomic E-state index is 0.175. The maximum absolute atomic E-state index is 10.9. The zero-order valence-electron chi connectivity index (χ0n) is 13.9. The maximum Gasteiger partial charge on any atom is 0.335 e. The molecule has 3 aromatic carbocycles. The molecule has 1 aromatic heterocycles. The van der Waals surface area contributed by atoms with E-state index in [9.17, 15) is 9.90 Å². The fraction of sp³-hybridized carbons (Fsp3) is 0.0952. The van der Waals surface area contributed by atoms with Gasteiger partial charge in [-0.2, -0.15) is 0 Å². The molecule has 26 heavy (non-hydrogen) atoms. The number of para-hydroxylation sites is 2. The van der Waals surface area contributed by atoms with E-state index in [1.165, 1.54) is 12.1 Å². The second-order valence-corrected chi connectivity index (χ2v) is 6.05. The van der Waals surface area contributed by atoms with Crippen LogP contribution in [0.15, 0.2) is 72.8 Å². The van der Waals surface area contributed by atoms with Crippen molar-refractivity contribution in [3.05, 3.63) is 78.4 Å². The number of hydrogen-bond acceptors (Lipinski definition) is 3. The molecule has 0 radical (unpaired) electrons. The van der Waals surface area contributed by atoms with Gasteiger partial charge in [0.05, 0.1) is 12.1 Å². The topological polar surface area (TPSA) is 71.7 Å². The van der Waals surface area contributed by atoms with Gasteiger partial charge in [0.1, 0.15) is 5.75 Å². The lowest BCUT2D eigenvalue weighted by molar-refractivity contribution is -0.0278. The van der Waals surface area contributed by atoms with Crippen molar-refractivity contribution >= 4 is 27.8 Å². The molecule has 1 heterocycles. The number of fused-ring (bicyclic) bond motifs is 3. The van der Waals surface area contributed by atoms with Crippen molar-refractivity contribution in [3.63, 3.8) is 0 Å². The van der Waals surface area contributed by atoms with Crippen molar-refractivity contribution in [1.29, 1.82) is 0 Å². The number of carbonyl (C=O) groups is 1. The van der Waals surface area contributed by atoms with E-state index in [4.69, 9.17) is 9.84 Å². The Morgan fingerprint density at radius 1 is 0.885 bits per heavy atom. The summed E-state index contributed by atoms with van der Waals surface area (Å²) in [6, 6.07) is 22.1. The molecule has 130 valence electrons. The van der Waals surface area contributed by atoms with Crippen molar-refractivity contribution < 1.29 is 19.7 Å². The molecular formula is C21H17NO4. The third kappa shape index (κ3) is 2.89. The Hall–Kier alpha value is -3.31. The fourth-order valence-electron chi connectivity index (χ4n) is 3.23. The van der Waals surface area contributed by atoms with Gasteiger partial charge in [-0.15, -0.1) is 0 Å². The van der Waals surface area contributed by atoms with Crippen LogP contribution in [0.1, 0.15) is 10.4 Å². The molecule has 0 fully saturated rings. The summed E-state index contributed by atoms with van der Waals surface area (Å²) in [6.07, 6.45) is -1.06. The van der Waals surface area contributed by atoms with Crippen LogP contribution in [-0.2, 0) is 6.54 Å². The van der Waals surface area contributed by atoms with Gasteiger partial charge < -0.3 is 19.5 Å². The van der Waals surface area contributed by atoms with E-state index >= 15 is 0 Å². The van der Waals surface area contributed by atoms with Crippen LogP contribution in [-0.4, -0.2) is 27.0 Å². The fourth-order valence-corrected chi connectivity index (χ4v) is 3.23. The van der Waals surface area contributed by atoms with Crippen molar-refractivity contribution in [2.24, 2.45) is 0 Å². The van der Waals surface area contributed by atoms with Crippen LogP contribution < -0.4 is 4.74 Å². The highest BCUT2D eigenvalue weighted by Gasteiger charge is 2.14. The molecule has 0 amide bonds. The van der Waals surface area contributed by atoms with Gasteiger partial charge in [0.15, 0.2) is 0 Å². The molecule has 0 spiro atoms. The van der Waals surface area contributed by atoms with Crippen molar-refractivity contribution in [1.82, 2.24) is 4.57 Å². The molecule has 0 bridgehead atoms. The molecule has 0 saturated carbocycles. The third-order valence-electron chi connectivity index (χ3n) is 4.39. The number of aliphatic hydroxyl groups excluding tert-OH is 1. The number of aromatic carboxylic acids is 1. The van der Waals surface area contributed by atoms with Crippen molar-refractivity contribution in [2.45, 2.75) is 12.8 Å². The minimum atomic E-state index is -1.06. The molecule has 0 aliphatic carbocycles. The summed E-state index contributed by atoms with van der Waals surface area (Å²) in [5.41, 5.74) is 2.23. The maximum atomic E-state index is 10.9. The first-order valence-corrected chi connectivity index (χ1v) is 8.27. The highest BCUT2D eigenvalue weighted by atomic mass is 16.6. The summed E-state index contributed by atoms with van der Waals surface area (Å²) in [4.78, 5) is 10.9. The number of hydrogen-bond donors (Lipinski definition) is 2. The van der Waals surface area contributed by atoms with Gasteiger partial charge >= 0.3 is 5.97 Å². The zero-order valence-corrected chi connectivity index (χ0v) is 13.9. The van der Waals surface area contributed by atoms with Gasteiger partial charge in [-0.3, -0.25) is 0 Å². The molecule has 4 aromatic rings. The van der Waals surface area contributed by atoms with E-state index in [0.717, 1.165) is 21.8 Å². The first-order chi connectivity index (χ1) is 12.6. The monoisotopic (exact) mass is 347 g/mol. The van der Waals surface area contributed by atoms with Crippen molar-refractivity contribution in [3.8, 4) is 5.75 Å². The van der Waals surface area contributed by atoms with E-state index in [2.05, 4.69) is 12.1 Å². The molecule has 1 atom stereocenters. The first-order valence-electron chi connectivity index (χ1n) is 8.27. The Morgan fingerprint density at radius 3 is 1.96 bits per heavy atom. The van der Waals surface area contributed by atoms with Gasteiger partial charge in [-0.25, -0.2) is 4.79 Å². The summed E-state index contributed by atoms with van der Waals surface area (Å²) in [5, 5.41) is 21.6. The lowest BCUT2D eigenvalue weighted by Crippen LogP contribution is -2.22. The van der Waals surface area contributed by atoms with Gasteiger partial charge in [-0.05, 0) is 36.4 Å². The van der Waals surface area contributed by atoms with Crippen LogP contribution in [0.4, 0.5) is 0 Å². The highest BCUT2D eigenvalue weighted by Crippen LogP contribution is 2.29. The Bertz CT molecular complexity index is 1030. The van der Waals surface area contributed by atoms with Gasteiger partial charge in [0, 0.05) is 21.8 Å². The molecular weight excluding hydrogens is 330 g/mol. The lowest BCUT2D eigenvalue weighted by Gasteiger charge is -2.16. The predicted molar refractivity (Wildman–Crippen MR) is 99.5 cm³/mol. The number of carboxylic acid groups (broad SMARTS) is 1. The summed E-state index contributed by atoms with van der Waals surface area (Å²) < 4.78 is 7.59. The third-order valence-corrected chi connectivity index (χ3v) is 4.39. The van der Waals surface area contributed by atoms with E-state index in [1.807, 2.05) is 41.0 Å². The van der Waals surface area contributed by atoms with E-state index in [1.54, 1.807) is 12.1 Å². The van der Waals surface area contributed by atoms with E-state index in [0.29, 0.717) is 5.75 Å². The normalized spacial score (nSPS) is 12.3. The average molecular weight is 347 g/mol. The molecule has 5 nitrogen and oxygen atoms in total. The highest BCUT2D eigenvalue weighted by molar-refractivity contribution is 6.07. The molecule has 5 heteroatoms. The number of rotatable bonds is 5. The second kappa shape index (κ2) is 6.54. The van der Waals surface area contributed by atoms with Crippen LogP contribution in [0, 0.1) is 0 Å². The number of ether oxygens (including phenoxy) is 1. The van der Waals surface area contributed by atoms with E-state index in [-0.39, 0.29) is 12.1 Å². The summed E-state index contributed by atoms with van der Waals surface area (Å²) in [5.74, 6) is -0.578. The quantitative estimate of drug-likeness (QED) is 0.537. The van der Waals surface area contributed by atoms with Crippen LogP contribution in [0.5, 0.6) is 5.75 Å². The Kier molecular flexibility index (Phi) is 4.07. The molecule has 0 aliphatic rings. The smallest absolute Gasteiger partial charge is 0.335 e. The Balaban J connectivity index is 1.63. The average Bonchev–Trinajstić information content (AvgIpc) is 2.96. The minimum Gasteiger partial charge on any atom is -0.478 e. The van der Waals surface area contributed by atoms with E-state index < -0.39 is 12.3 Å². The number of benzene rings is 3. The van der Waals surface area contributed by atoms with Crippen LogP contribution >= 0.6 is 0 Å². The molecule has 0 aliphatic heterocycles. The van der Waals surface area contributed by atoms with Gasteiger partial charge in [-0.1, -0.05) is 36.4 Å². The molecule has 4 rings (SSSR count). The van der Waals surface area contributed by atoms with Crippen molar-refractivity contribution in [2.75, 3.05) is 0 Å². The number of carboxylic acids is 1. The van der Waals surface area contributed by atoms with Gasteiger partial charge in [0.2, 0.25) is 6.29 Å². The number of nitrogens with zero attached hydrogens (tertiary/aromatic N) is 1. The SMILES string of the molecule is O=C(O)c1ccc(OC(O)Cn2c3ccccc3c3ccccc32)cc1. The Labute approximate surface area is 149 Å². The summed E-state index contributed by atoms with van der Waals surface area (Å²) in [7, 11) is 0. The standard InChI is InChI=1S/C21H17NO4/c23-20(26-15-11-9-14(10-12-15)21(24)25)13-22-18-7-3-1-5-16(18)17-6-2-4-8-19(17)22/h1-12,20,23H,13H2,(H,24,25). The van der Waals surface area contributed by atoms with Gasteiger partial charge in [0.25, 0.3) is 0 Å². The number of aliphatic hydroxyl groups is 1. The lowest BCUT2D eigenvalue weighted by atomic mass is 10.2. The molecule has 1 unspecified atom stereocenters. The molecule has 2 N–H and O–H groups in total. The Morgan fingerprint density at radius 2 is 1.42 bits per heavy atom. The van der Waals surface area contributed by atoms with Crippen LogP contribution in [0.2, 0.25) is 0 Å². The van der Waals surface area contributed by atoms with Crippen LogP contribution in [0.3, 0.4) is 0 Å². The molecule has 0 saturated heterocycles. The largest absolute Gasteiger partial charge is 0.478 e. The summed E-state index contributed by atoms with van der Waals surface area (Å²) >= 11 is 0. The number of aromatic nitrogens is 1. The second-order valence-electron chi connectivity index (χ2n) is 6.05. The summed E-state index contributed by atoms with van der Waals surface area (Å²) in [6.45, 7) is 0.259.